The molecule has 30 heavy (non-hydrogen) atoms. The summed E-state index contributed by atoms with van der Waals surface area (Å²) in [6.45, 7) is 0. The van der Waals surface area contributed by atoms with Crippen LogP contribution in [0.1, 0.15) is 11.3 Å². The zero-order chi connectivity index (χ0) is 21.1. The molecule has 4 aromatic rings. The van der Waals surface area contributed by atoms with E-state index in [4.69, 9.17) is 4.74 Å². The van der Waals surface area contributed by atoms with Gasteiger partial charge < -0.3 is 4.74 Å². The van der Waals surface area contributed by atoms with Crippen LogP contribution in [0.5, 0.6) is 5.75 Å². The molecule has 7 nitrogen and oxygen atoms in total. The van der Waals surface area contributed by atoms with Crippen molar-refractivity contribution in [1.82, 2.24) is 9.78 Å². The number of aromatic nitrogens is 2. The molecular formula is C23H17N3O4. The minimum atomic E-state index is -0.467. The smallest absolute Gasteiger partial charge is 0.269 e. The van der Waals surface area contributed by atoms with Gasteiger partial charge in [-0.2, -0.15) is 5.10 Å². The first kappa shape index (κ1) is 19.1. The highest BCUT2D eigenvalue weighted by molar-refractivity contribution is 5.90. The van der Waals surface area contributed by atoms with Gasteiger partial charge in [-0.25, -0.2) is 4.68 Å². The molecule has 0 radical (unpaired) electrons. The summed E-state index contributed by atoms with van der Waals surface area (Å²) in [5.41, 5.74) is 2.21. The van der Waals surface area contributed by atoms with Crippen molar-refractivity contribution in [2.45, 2.75) is 0 Å². The Morgan fingerprint density at radius 2 is 1.67 bits per heavy atom. The molecule has 0 bridgehead atoms. The van der Waals surface area contributed by atoms with Gasteiger partial charge in [0.25, 0.3) is 5.69 Å². The first-order valence-electron chi connectivity index (χ1n) is 9.16. The van der Waals surface area contributed by atoms with Gasteiger partial charge in [0.05, 0.1) is 23.4 Å². The average Bonchev–Trinajstić information content (AvgIpc) is 3.02. The summed E-state index contributed by atoms with van der Waals surface area (Å²) in [5.74, 6) is 0.725. The third kappa shape index (κ3) is 3.56. The van der Waals surface area contributed by atoms with Crippen molar-refractivity contribution in [2.24, 2.45) is 0 Å². The molecule has 0 aliphatic carbocycles. The average molecular weight is 399 g/mol. The summed E-state index contributed by atoms with van der Waals surface area (Å²) in [4.78, 5) is 23.2. The lowest BCUT2D eigenvalue weighted by molar-refractivity contribution is -0.384. The number of hydrogen-bond acceptors (Lipinski definition) is 5. The number of nitrogens with zero attached hydrogens (tertiary/aromatic N) is 3. The van der Waals surface area contributed by atoms with Crippen LogP contribution >= 0.6 is 0 Å². The van der Waals surface area contributed by atoms with Crippen LogP contribution in [-0.4, -0.2) is 21.8 Å². The maximum Gasteiger partial charge on any atom is 0.269 e. The summed E-state index contributed by atoms with van der Waals surface area (Å²) < 4.78 is 6.90. The lowest BCUT2D eigenvalue weighted by Gasteiger charge is -2.03. The van der Waals surface area contributed by atoms with Crippen molar-refractivity contribution in [2.75, 3.05) is 7.11 Å². The highest BCUT2D eigenvalue weighted by atomic mass is 16.6. The highest BCUT2D eigenvalue weighted by Gasteiger charge is 2.13. The van der Waals surface area contributed by atoms with E-state index in [1.807, 2.05) is 42.5 Å². The molecule has 0 atom stereocenters. The minimum absolute atomic E-state index is 0.0283. The molecule has 0 fully saturated rings. The Bertz CT molecular complexity index is 1320. The van der Waals surface area contributed by atoms with Gasteiger partial charge >= 0.3 is 0 Å². The SMILES string of the molecule is COc1ccccc1/C=C\c1nn(-c2ccc([N+](=O)[O-])cc2)c2c(=O)ccccc12. The molecule has 0 unspecified atom stereocenters. The Morgan fingerprint density at radius 1 is 0.967 bits per heavy atom. The van der Waals surface area contributed by atoms with E-state index < -0.39 is 4.92 Å². The van der Waals surface area contributed by atoms with E-state index in [0.29, 0.717) is 22.3 Å². The number of ether oxygens (including phenoxy) is 1. The Kier molecular flexibility index (Phi) is 5.09. The van der Waals surface area contributed by atoms with Gasteiger partial charge in [-0.15, -0.1) is 0 Å². The first-order chi connectivity index (χ1) is 14.6. The summed E-state index contributed by atoms with van der Waals surface area (Å²) in [6, 6.07) is 20.3. The standard InChI is InChI=1S/C23H17N3O4/c1-30-22-9-5-2-6-16(22)10-15-20-19-7-3-4-8-21(27)23(19)25(24-20)17-11-13-18(14-12-17)26(28)29/h2-15H,1H3/b15-10-. The Hall–Kier alpha value is -4.26. The predicted molar refractivity (Wildman–Crippen MR) is 116 cm³/mol. The van der Waals surface area contributed by atoms with E-state index in [2.05, 4.69) is 5.10 Å². The molecule has 1 aromatic heterocycles. The molecule has 0 aliphatic rings. The van der Waals surface area contributed by atoms with Crippen LogP contribution < -0.4 is 10.2 Å². The number of hydrogen-bond donors (Lipinski definition) is 0. The van der Waals surface area contributed by atoms with Crippen molar-refractivity contribution in [3.8, 4) is 11.4 Å². The van der Waals surface area contributed by atoms with Gasteiger partial charge in [-0.1, -0.05) is 36.4 Å². The van der Waals surface area contributed by atoms with Crippen LogP contribution in [0.3, 0.4) is 0 Å². The van der Waals surface area contributed by atoms with E-state index in [-0.39, 0.29) is 11.1 Å². The summed E-state index contributed by atoms with van der Waals surface area (Å²) in [7, 11) is 1.61. The second-order valence-corrected chi connectivity index (χ2v) is 6.49. The number of para-hydroxylation sites is 1. The van der Waals surface area contributed by atoms with Gasteiger partial charge in [0.1, 0.15) is 11.3 Å². The zero-order valence-corrected chi connectivity index (χ0v) is 16.1. The lowest BCUT2D eigenvalue weighted by atomic mass is 10.1. The van der Waals surface area contributed by atoms with Gasteiger partial charge in [0.2, 0.25) is 5.43 Å². The molecule has 1 heterocycles. The summed E-state index contributed by atoms with van der Waals surface area (Å²) in [5, 5.41) is 16.2. The van der Waals surface area contributed by atoms with E-state index in [1.165, 1.54) is 22.9 Å². The second-order valence-electron chi connectivity index (χ2n) is 6.49. The number of rotatable bonds is 5. The lowest BCUT2D eigenvalue weighted by Crippen LogP contribution is -2.05. The Balaban J connectivity index is 1.89. The topological polar surface area (TPSA) is 87.3 Å². The molecule has 0 saturated carbocycles. The fourth-order valence-electron chi connectivity index (χ4n) is 3.22. The number of fused-ring (bicyclic) bond motifs is 1. The number of nitro groups is 1. The monoisotopic (exact) mass is 399 g/mol. The molecule has 0 saturated heterocycles. The number of nitro benzene ring substituents is 1. The van der Waals surface area contributed by atoms with E-state index >= 15 is 0 Å². The third-order valence-electron chi connectivity index (χ3n) is 4.67. The van der Waals surface area contributed by atoms with E-state index in [0.717, 1.165) is 11.3 Å². The van der Waals surface area contributed by atoms with E-state index in [9.17, 15) is 14.9 Å². The molecule has 0 amide bonds. The molecule has 4 rings (SSSR count). The second kappa shape index (κ2) is 8.00. The normalized spacial score (nSPS) is 11.1. The van der Waals surface area contributed by atoms with Crippen LogP contribution in [0.2, 0.25) is 0 Å². The van der Waals surface area contributed by atoms with Crippen molar-refractivity contribution >= 4 is 28.7 Å². The zero-order valence-electron chi connectivity index (χ0n) is 16.1. The van der Waals surface area contributed by atoms with Crippen molar-refractivity contribution in [3.05, 3.63) is 104 Å². The van der Waals surface area contributed by atoms with Gasteiger partial charge in [-0.3, -0.25) is 14.9 Å². The molecule has 0 N–H and O–H groups in total. The summed E-state index contributed by atoms with van der Waals surface area (Å²) in [6.07, 6.45) is 3.69. The molecular weight excluding hydrogens is 382 g/mol. The molecule has 148 valence electrons. The fraction of sp³-hybridized carbons (Fsp3) is 0.0435. The largest absolute Gasteiger partial charge is 0.496 e. The first-order valence-corrected chi connectivity index (χ1v) is 9.16. The van der Waals surface area contributed by atoms with Crippen molar-refractivity contribution in [1.29, 1.82) is 0 Å². The number of benzene rings is 2. The van der Waals surface area contributed by atoms with Gasteiger partial charge in [-0.05, 0) is 36.4 Å². The minimum Gasteiger partial charge on any atom is -0.496 e. The number of non-ortho nitro benzene ring substituents is 1. The molecule has 0 aliphatic heterocycles. The van der Waals surface area contributed by atoms with Crippen LogP contribution in [0.15, 0.2) is 77.6 Å². The molecule has 3 aromatic carbocycles. The van der Waals surface area contributed by atoms with E-state index in [1.54, 1.807) is 31.4 Å². The maximum atomic E-state index is 12.7. The maximum absolute atomic E-state index is 12.7. The predicted octanol–water partition coefficient (Wildman–Crippen LogP) is 4.47. The van der Waals surface area contributed by atoms with Gasteiger partial charge in [0.15, 0.2) is 0 Å². The van der Waals surface area contributed by atoms with Crippen molar-refractivity contribution < 1.29 is 9.66 Å². The highest BCUT2D eigenvalue weighted by Crippen LogP contribution is 2.24. The van der Waals surface area contributed by atoms with Crippen molar-refractivity contribution in [3.63, 3.8) is 0 Å². The quantitative estimate of drug-likeness (QED) is 0.365. The summed E-state index contributed by atoms with van der Waals surface area (Å²) >= 11 is 0. The fourth-order valence-corrected chi connectivity index (χ4v) is 3.22. The Morgan fingerprint density at radius 3 is 2.40 bits per heavy atom. The number of methoxy groups -OCH3 is 1. The van der Waals surface area contributed by atoms with Crippen LogP contribution in [0.4, 0.5) is 5.69 Å². The van der Waals surface area contributed by atoms with Crippen LogP contribution in [0.25, 0.3) is 28.7 Å². The third-order valence-corrected chi connectivity index (χ3v) is 4.67. The van der Waals surface area contributed by atoms with Crippen LogP contribution in [0, 0.1) is 10.1 Å². The van der Waals surface area contributed by atoms with Gasteiger partial charge in [0, 0.05) is 23.1 Å². The van der Waals surface area contributed by atoms with Crippen LogP contribution in [-0.2, 0) is 0 Å². The Labute approximate surface area is 171 Å². The molecule has 7 heteroatoms. The molecule has 0 spiro atoms.